The van der Waals surface area contributed by atoms with Crippen LogP contribution in [0.25, 0.3) is 0 Å². The minimum absolute atomic E-state index is 0.0562. The summed E-state index contributed by atoms with van der Waals surface area (Å²) in [5.74, 6) is -0.424. The molecule has 21 heavy (non-hydrogen) atoms. The van der Waals surface area contributed by atoms with Crippen LogP contribution in [0.3, 0.4) is 0 Å². The van der Waals surface area contributed by atoms with Crippen molar-refractivity contribution < 1.29 is 9.18 Å². The SMILES string of the molecule is CC(Cc1ccc(F)cc1)NC(=O)c1ccc(Br)cc1S. The van der Waals surface area contributed by atoms with Crippen molar-refractivity contribution in [1.29, 1.82) is 0 Å². The quantitative estimate of drug-likeness (QED) is 0.777. The number of hydrogen-bond donors (Lipinski definition) is 2. The van der Waals surface area contributed by atoms with Crippen LogP contribution >= 0.6 is 28.6 Å². The van der Waals surface area contributed by atoms with Crippen molar-refractivity contribution in [3.05, 3.63) is 63.9 Å². The molecule has 0 aromatic heterocycles. The van der Waals surface area contributed by atoms with Crippen molar-refractivity contribution in [3.63, 3.8) is 0 Å². The molecule has 0 heterocycles. The minimum Gasteiger partial charge on any atom is -0.349 e. The zero-order valence-electron chi connectivity index (χ0n) is 11.4. The molecule has 0 fully saturated rings. The van der Waals surface area contributed by atoms with E-state index in [9.17, 15) is 9.18 Å². The van der Waals surface area contributed by atoms with Crippen molar-refractivity contribution in [2.45, 2.75) is 24.3 Å². The minimum atomic E-state index is -0.259. The van der Waals surface area contributed by atoms with Crippen molar-refractivity contribution in [2.75, 3.05) is 0 Å². The van der Waals surface area contributed by atoms with E-state index in [1.54, 1.807) is 30.3 Å². The van der Waals surface area contributed by atoms with E-state index in [0.29, 0.717) is 16.9 Å². The Bertz CT molecular complexity index is 645. The van der Waals surface area contributed by atoms with Crippen LogP contribution in [-0.2, 0) is 6.42 Å². The zero-order valence-corrected chi connectivity index (χ0v) is 13.9. The van der Waals surface area contributed by atoms with Gasteiger partial charge in [-0.05, 0) is 49.2 Å². The summed E-state index contributed by atoms with van der Waals surface area (Å²) in [7, 11) is 0. The Morgan fingerprint density at radius 3 is 2.57 bits per heavy atom. The molecule has 2 nitrogen and oxygen atoms in total. The number of hydrogen-bond acceptors (Lipinski definition) is 2. The van der Waals surface area contributed by atoms with E-state index >= 15 is 0 Å². The maximum absolute atomic E-state index is 12.9. The molecule has 1 unspecified atom stereocenters. The molecule has 5 heteroatoms. The third kappa shape index (κ3) is 4.58. The van der Waals surface area contributed by atoms with Gasteiger partial charge in [0.15, 0.2) is 0 Å². The average molecular weight is 368 g/mol. The molecule has 0 aliphatic rings. The predicted molar refractivity (Wildman–Crippen MR) is 88.4 cm³/mol. The van der Waals surface area contributed by atoms with E-state index in [1.165, 1.54) is 12.1 Å². The lowest BCUT2D eigenvalue weighted by Crippen LogP contribution is -2.34. The van der Waals surface area contributed by atoms with Gasteiger partial charge < -0.3 is 5.32 Å². The van der Waals surface area contributed by atoms with Crippen LogP contribution in [0.5, 0.6) is 0 Å². The third-order valence-electron chi connectivity index (χ3n) is 3.04. The van der Waals surface area contributed by atoms with E-state index in [4.69, 9.17) is 0 Å². The fraction of sp³-hybridized carbons (Fsp3) is 0.188. The number of thiol groups is 1. The van der Waals surface area contributed by atoms with Crippen LogP contribution in [-0.4, -0.2) is 11.9 Å². The van der Waals surface area contributed by atoms with Gasteiger partial charge in [0, 0.05) is 15.4 Å². The highest BCUT2D eigenvalue weighted by Crippen LogP contribution is 2.20. The molecule has 2 rings (SSSR count). The second-order valence-electron chi connectivity index (χ2n) is 4.87. The Morgan fingerprint density at radius 2 is 1.95 bits per heavy atom. The molecular formula is C16H15BrFNOS. The summed E-state index contributed by atoms with van der Waals surface area (Å²) in [4.78, 5) is 12.8. The van der Waals surface area contributed by atoms with Crippen LogP contribution < -0.4 is 5.32 Å². The van der Waals surface area contributed by atoms with E-state index in [1.807, 2.05) is 6.92 Å². The highest BCUT2D eigenvalue weighted by molar-refractivity contribution is 9.10. The summed E-state index contributed by atoms with van der Waals surface area (Å²) in [5, 5.41) is 2.92. The second-order valence-corrected chi connectivity index (χ2v) is 6.26. The van der Waals surface area contributed by atoms with E-state index in [0.717, 1.165) is 10.0 Å². The zero-order chi connectivity index (χ0) is 15.4. The fourth-order valence-electron chi connectivity index (χ4n) is 2.02. The summed E-state index contributed by atoms with van der Waals surface area (Å²) in [6.45, 7) is 1.91. The standard InChI is InChI=1S/C16H15BrFNOS/c1-10(8-11-2-5-13(18)6-3-11)19-16(20)14-7-4-12(17)9-15(14)21/h2-7,9-10,21H,8H2,1H3,(H,19,20). The fourth-order valence-corrected chi connectivity index (χ4v) is 2.88. The van der Waals surface area contributed by atoms with Crippen LogP contribution in [0.1, 0.15) is 22.8 Å². The van der Waals surface area contributed by atoms with Gasteiger partial charge in [-0.2, -0.15) is 0 Å². The molecule has 0 spiro atoms. The third-order valence-corrected chi connectivity index (χ3v) is 3.90. The van der Waals surface area contributed by atoms with Crippen molar-refractivity contribution >= 4 is 34.5 Å². The molecule has 2 aromatic rings. The highest BCUT2D eigenvalue weighted by Gasteiger charge is 2.13. The van der Waals surface area contributed by atoms with Crippen molar-refractivity contribution in [3.8, 4) is 0 Å². The average Bonchev–Trinajstić information content (AvgIpc) is 2.41. The predicted octanol–water partition coefficient (Wildman–Crippen LogP) is 4.24. The van der Waals surface area contributed by atoms with Crippen molar-refractivity contribution in [2.24, 2.45) is 0 Å². The van der Waals surface area contributed by atoms with E-state index in [2.05, 4.69) is 33.9 Å². The molecular weight excluding hydrogens is 353 g/mol. The molecule has 110 valence electrons. The van der Waals surface area contributed by atoms with Crippen molar-refractivity contribution in [1.82, 2.24) is 5.32 Å². The first-order valence-electron chi connectivity index (χ1n) is 6.49. The second kappa shape index (κ2) is 7.09. The lowest BCUT2D eigenvalue weighted by molar-refractivity contribution is 0.0937. The van der Waals surface area contributed by atoms with Crippen LogP contribution in [0, 0.1) is 5.82 Å². The molecule has 1 N–H and O–H groups in total. The van der Waals surface area contributed by atoms with Crippen LogP contribution in [0.4, 0.5) is 4.39 Å². The molecule has 0 bridgehead atoms. The Balaban J connectivity index is 2.00. The summed E-state index contributed by atoms with van der Waals surface area (Å²) in [6, 6.07) is 11.5. The molecule has 0 saturated carbocycles. The number of halogens is 2. The van der Waals surface area contributed by atoms with Gasteiger partial charge in [-0.3, -0.25) is 4.79 Å². The lowest BCUT2D eigenvalue weighted by Gasteiger charge is -2.15. The topological polar surface area (TPSA) is 29.1 Å². The summed E-state index contributed by atoms with van der Waals surface area (Å²) in [5.41, 5.74) is 1.51. The van der Waals surface area contributed by atoms with Gasteiger partial charge in [-0.15, -0.1) is 12.6 Å². The van der Waals surface area contributed by atoms with Gasteiger partial charge in [-0.1, -0.05) is 28.1 Å². The number of amides is 1. The summed E-state index contributed by atoms with van der Waals surface area (Å²) >= 11 is 7.64. The molecule has 0 aliphatic carbocycles. The first-order chi connectivity index (χ1) is 9.95. The molecule has 1 amide bonds. The largest absolute Gasteiger partial charge is 0.349 e. The maximum Gasteiger partial charge on any atom is 0.252 e. The smallest absolute Gasteiger partial charge is 0.252 e. The maximum atomic E-state index is 12.9. The number of carbonyl (C=O) groups excluding carboxylic acids is 1. The summed E-state index contributed by atoms with van der Waals surface area (Å²) < 4.78 is 13.7. The number of benzene rings is 2. The first-order valence-corrected chi connectivity index (χ1v) is 7.73. The van der Waals surface area contributed by atoms with E-state index < -0.39 is 0 Å². The normalized spacial score (nSPS) is 12.0. The van der Waals surface area contributed by atoms with Crippen LogP contribution in [0.2, 0.25) is 0 Å². The molecule has 0 saturated heterocycles. The molecule has 1 atom stereocenters. The molecule has 0 aliphatic heterocycles. The Labute approximate surface area is 137 Å². The lowest BCUT2D eigenvalue weighted by atomic mass is 10.1. The first kappa shape index (κ1) is 16.0. The van der Waals surface area contributed by atoms with Gasteiger partial charge >= 0.3 is 0 Å². The van der Waals surface area contributed by atoms with Gasteiger partial charge in [0.1, 0.15) is 5.82 Å². The Kier molecular flexibility index (Phi) is 5.42. The summed E-state index contributed by atoms with van der Waals surface area (Å²) in [6.07, 6.45) is 0.643. The Hall–Kier alpha value is -1.33. The number of carbonyl (C=O) groups is 1. The van der Waals surface area contributed by atoms with Gasteiger partial charge in [0.25, 0.3) is 5.91 Å². The van der Waals surface area contributed by atoms with Gasteiger partial charge in [0.05, 0.1) is 5.56 Å². The number of nitrogens with one attached hydrogen (secondary N) is 1. The van der Waals surface area contributed by atoms with Crippen LogP contribution in [0.15, 0.2) is 51.8 Å². The Morgan fingerprint density at radius 1 is 1.29 bits per heavy atom. The molecule has 0 radical (unpaired) electrons. The van der Waals surface area contributed by atoms with E-state index in [-0.39, 0.29) is 17.8 Å². The monoisotopic (exact) mass is 367 g/mol. The highest BCUT2D eigenvalue weighted by atomic mass is 79.9. The van der Waals surface area contributed by atoms with Gasteiger partial charge in [-0.25, -0.2) is 4.39 Å². The van der Waals surface area contributed by atoms with Gasteiger partial charge in [0.2, 0.25) is 0 Å². The molecule has 2 aromatic carbocycles. The number of rotatable bonds is 4.